The monoisotopic (exact) mass is 259 g/mol. The maximum atomic E-state index is 11.8. The Morgan fingerprint density at radius 2 is 2.21 bits per heavy atom. The highest BCUT2D eigenvalue weighted by Crippen LogP contribution is 2.09. The Morgan fingerprint density at radius 3 is 2.57 bits per heavy atom. The van der Waals surface area contributed by atoms with Crippen LogP contribution in [0.3, 0.4) is 0 Å². The Labute approximate surface area is 91.4 Å². The first-order valence-corrected chi connectivity index (χ1v) is 5.10. The van der Waals surface area contributed by atoms with Gasteiger partial charge < -0.3 is 0 Å². The van der Waals surface area contributed by atoms with E-state index in [4.69, 9.17) is 0 Å². The fraction of sp³-hybridized carbons (Fsp3) is 0.556. The van der Waals surface area contributed by atoms with Crippen molar-refractivity contribution < 1.29 is 0 Å². The third-order valence-electron chi connectivity index (χ3n) is 1.71. The van der Waals surface area contributed by atoms with Crippen molar-refractivity contribution in [1.29, 1.82) is 0 Å². The average Bonchev–Trinajstić information content (AvgIpc) is 2.30. The molecule has 0 unspecified atom stereocenters. The lowest BCUT2D eigenvalue weighted by Crippen LogP contribution is -2.35. The largest absolute Gasteiger partial charge is 0.346 e. The zero-order valence-electron chi connectivity index (χ0n) is 8.62. The van der Waals surface area contributed by atoms with E-state index in [0.717, 1.165) is 4.48 Å². The molecule has 0 aliphatic heterocycles. The summed E-state index contributed by atoms with van der Waals surface area (Å²) in [6, 6.07) is 0. The Morgan fingerprint density at radius 1 is 1.64 bits per heavy atom. The smallest absolute Gasteiger partial charge is 0.277 e. The van der Waals surface area contributed by atoms with Crippen molar-refractivity contribution in [2.24, 2.45) is 0 Å². The van der Waals surface area contributed by atoms with Crippen molar-refractivity contribution in [2.45, 2.75) is 32.9 Å². The molecule has 0 radical (unpaired) electrons. The molecule has 1 rings (SSSR count). The summed E-state index contributed by atoms with van der Waals surface area (Å²) in [6.07, 6.45) is 1.53. The summed E-state index contributed by atoms with van der Waals surface area (Å²) >= 11 is 3.21. The Kier molecular flexibility index (Phi) is 2.99. The summed E-state index contributed by atoms with van der Waals surface area (Å²) in [7, 11) is 0. The van der Waals surface area contributed by atoms with E-state index >= 15 is 0 Å². The second-order valence-corrected chi connectivity index (χ2v) is 5.26. The van der Waals surface area contributed by atoms with Crippen molar-refractivity contribution in [2.75, 3.05) is 0 Å². The van der Waals surface area contributed by atoms with Crippen LogP contribution in [0.2, 0.25) is 0 Å². The van der Waals surface area contributed by atoms with Crippen molar-refractivity contribution in [1.82, 2.24) is 14.3 Å². The highest BCUT2D eigenvalue weighted by molar-refractivity contribution is 9.11. The maximum absolute atomic E-state index is 11.8. The SMILES string of the molecule is C=C(Br)Cn1cnn(C(C)(C)C)c1=O. The molecule has 1 aromatic heterocycles. The number of hydrogen-bond acceptors (Lipinski definition) is 2. The van der Waals surface area contributed by atoms with Gasteiger partial charge in [-0.3, -0.25) is 4.57 Å². The van der Waals surface area contributed by atoms with Gasteiger partial charge >= 0.3 is 5.69 Å². The van der Waals surface area contributed by atoms with Crippen LogP contribution >= 0.6 is 15.9 Å². The van der Waals surface area contributed by atoms with E-state index in [9.17, 15) is 4.79 Å². The van der Waals surface area contributed by atoms with Crippen molar-refractivity contribution in [3.63, 3.8) is 0 Å². The summed E-state index contributed by atoms with van der Waals surface area (Å²) < 4.78 is 3.73. The minimum atomic E-state index is -0.282. The van der Waals surface area contributed by atoms with Crippen LogP contribution in [0, 0.1) is 0 Å². The van der Waals surface area contributed by atoms with E-state index in [-0.39, 0.29) is 11.2 Å². The van der Waals surface area contributed by atoms with E-state index < -0.39 is 0 Å². The van der Waals surface area contributed by atoms with Crippen LogP contribution in [0.15, 0.2) is 22.2 Å². The predicted molar refractivity (Wildman–Crippen MR) is 59.6 cm³/mol. The quantitative estimate of drug-likeness (QED) is 0.812. The fourth-order valence-electron chi connectivity index (χ4n) is 1.09. The summed E-state index contributed by atoms with van der Waals surface area (Å²) in [5.41, 5.74) is -0.395. The molecule has 0 N–H and O–H groups in total. The van der Waals surface area contributed by atoms with E-state index in [1.807, 2.05) is 20.8 Å². The summed E-state index contributed by atoms with van der Waals surface area (Å²) in [4.78, 5) is 11.8. The molecule has 5 heteroatoms. The van der Waals surface area contributed by atoms with Gasteiger partial charge in [0.25, 0.3) is 0 Å². The highest BCUT2D eigenvalue weighted by atomic mass is 79.9. The van der Waals surface area contributed by atoms with E-state index in [2.05, 4.69) is 27.6 Å². The molecule has 4 nitrogen and oxygen atoms in total. The third-order valence-corrected chi connectivity index (χ3v) is 1.96. The summed E-state index contributed by atoms with van der Waals surface area (Å²) in [5, 5.41) is 4.05. The molecule has 0 spiro atoms. The number of halogens is 1. The Bertz CT molecular complexity index is 397. The highest BCUT2D eigenvalue weighted by Gasteiger charge is 2.18. The van der Waals surface area contributed by atoms with Crippen molar-refractivity contribution in [3.05, 3.63) is 27.9 Å². The van der Waals surface area contributed by atoms with Gasteiger partial charge in [-0.1, -0.05) is 22.5 Å². The molecule has 0 amide bonds. The lowest BCUT2D eigenvalue weighted by atomic mass is 10.1. The number of rotatable bonds is 2. The number of allylic oxidation sites excluding steroid dienone is 1. The first kappa shape index (κ1) is 11.2. The third kappa shape index (κ3) is 2.35. The minimum absolute atomic E-state index is 0.113. The van der Waals surface area contributed by atoms with Crippen LogP contribution in [0.5, 0.6) is 0 Å². The van der Waals surface area contributed by atoms with Gasteiger partial charge in [0.05, 0.1) is 12.1 Å². The normalized spacial score (nSPS) is 11.7. The van der Waals surface area contributed by atoms with Gasteiger partial charge in [-0.25, -0.2) is 9.48 Å². The standard InChI is InChI=1S/C9H14BrN3O/c1-7(10)5-12-6-11-13(8(12)14)9(2,3)4/h6H,1,5H2,2-4H3. The van der Waals surface area contributed by atoms with E-state index in [1.54, 1.807) is 0 Å². The van der Waals surface area contributed by atoms with Crippen LogP contribution in [0.25, 0.3) is 0 Å². The van der Waals surface area contributed by atoms with E-state index in [1.165, 1.54) is 15.6 Å². The topological polar surface area (TPSA) is 39.8 Å². The molecule has 0 fully saturated rings. The number of aromatic nitrogens is 3. The molecule has 0 atom stereocenters. The first-order chi connectivity index (χ1) is 6.32. The fourth-order valence-corrected chi connectivity index (χ4v) is 1.36. The summed E-state index contributed by atoms with van der Waals surface area (Å²) in [5.74, 6) is 0. The Hall–Kier alpha value is -0.840. The molecule has 0 saturated carbocycles. The minimum Gasteiger partial charge on any atom is -0.277 e. The van der Waals surface area contributed by atoms with Gasteiger partial charge in [0.1, 0.15) is 6.33 Å². The van der Waals surface area contributed by atoms with Crippen LogP contribution in [0.1, 0.15) is 20.8 Å². The number of hydrogen-bond donors (Lipinski definition) is 0. The van der Waals surface area contributed by atoms with Crippen LogP contribution < -0.4 is 5.69 Å². The van der Waals surface area contributed by atoms with Gasteiger partial charge in [-0.2, -0.15) is 5.10 Å². The van der Waals surface area contributed by atoms with Crippen LogP contribution in [-0.4, -0.2) is 14.3 Å². The van der Waals surface area contributed by atoms with Crippen LogP contribution in [-0.2, 0) is 12.1 Å². The van der Waals surface area contributed by atoms with Gasteiger partial charge in [0.2, 0.25) is 0 Å². The molecule has 1 heterocycles. The van der Waals surface area contributed by atoms with Gasteiger partial charge in [-0.05, 0) is 20.8 Å². The molecule has 0 aliphatic carbocycles. The maximum Gasteiger partial charge on any atom is 0.346 e. The lowest BCUT2D eigenvalue weighted by molar-refractivity contribution is 0.341. The second kappa shape index (κ2) is 3.73. The lowest BCUT2D eigenvalue weighted by Gasteiger charge is -2.16. The number of nitrogens with zero attached hydrogens (tertiary/aromatic N) is 3. The molecule has 78 valence electrons. The predicted octanol–water partition coefficient (Wildman–Crippen LogP) is 1.71. The molecule has 0 saturated heterocycles. The molecule has 1 aromatic rings. The molecular formula is C9H14BrN3O. The zero-order valence-corrected chi connectivity index (χ0v) is 10.2. The summed E-state index contributed by atoms with van der Waals surface area (Å²) in [6.45, 7) is 9.95. The second-order valence-electron chi connectivity index (χ2n) is 4.14. The molecule has 0 aromatic carbocycles. The first-order valence-electron chi connectivity index (χ1n) is 4.30. The zero-order chi connectivity index (χ0) is 10.9. The molecule has 0 aliphatic rings. The molecular weight excluding hydrogens is 246 g/mol. The van der Waals surface area contributed by atoms with Gasteiger partial charge in [0, 0.05) is 4.48 Å². The van der Waals surface area contributed by atoms with Gasteiger partial charge in [0.15, 0.2) is 0 Å². The van der Waals surface area contributed by atoms with Crippen molar-refractivity contribution in [3.8, 4) is 0 Å². The van der Waals surface area contributed by atoms with E-state index in [0.29, 0.717) is 6.54 Å². The van der Waals surface area contributed by atoms with Crippen LogP contribution in [0.4, 0.5) is 0 Å². The molecule has 0 bridgehead atoms. The Balaban J connectivity index is 3.10. The average molecular weight is 260 g/mol. The van der Waals surface area contributed by atoms with Gasteiger partial charge in [-0.15, -0.1) is 0 Å². The molecule has 14 heavy (non-hydrogen) atoms. The van der Waals surface area contributed by atoms with Crippen molar-refractivity contribution >= 4 is 15.9 Å².